The summed E-state index contributed by atoms with van der Waals surface area (Å²) in [5, 5.41) is 2.66. The summed E-state index contributed by atoms with van der Waals surface area (Å²) in [4.78, 5) is 25.2. The lowest BCUT2D eigenvalue weighted by atomic mass is 9.98. The van der Waals surface area contributed by atoms with Crippen molar-refractivity contribution in [3.05, 3.63) is 35.4 Å². The molecule has 1 aromatic carbocycles. The van der Waals surface area contributed by atoms with Gasteiger partial charge in [-0.05, 0) is 24.5 Å². The number of methoxy groups -OCH3 is 1. The van der Waals surface area contributed by atoms with Gasteiger partial charge in [-0.15, -0.1) is 0 Å². The van der Waals surface area contributed by atoms with E-state index < -0.39 is 12.1 Å². The number of nitrogens with one attached hydrogen (secondary N) is 1. The molecule has 6 nitrogen and oxygen atoms in total. The van der Waals surface area contributed by atoms with E-state index in [1.807, 2.05) is 31.2 Å². The molecule has 1 rings (SSSR count). The number of nitrogens with zero attached hydrogens (tertiary/aromatic N) is 1. The number of aryl methyl sites for hydroxylation is 1. The van der Waals surface area contributed by atoms with Crippen LogP contribution in [0.25, 0.3) is 0 Å². The molecule has 1 unspecified atom stereocenters. The number of carbonyl (C=O) groups is 2. The monoisotopic (exact) mass is 307 g/mol. The van der Waals surface area contributed by atoms with Crippen molar-refractivity contribution in [1.82, 2.24) is 10.2 Å². The summed E-state index contributed by atoms with van der Waals surface area (Å²) >= 11 is 0. The highest BCUT2D eigenvalue weighted by Crippen LogP contribution is 2.21. The maximum atomic E-state index is 12.3. The Labute approximate surface area is 131 Å². The second-order valence-electron chi connectivity index (χ2n) is 5.28. The van der Waals surface area contributed by atoms with Gasteiger partial charge in [-0.3, -0.25) is 4.79 Å². The third kappa shape index (κ3) is 5.73. The van der Waals surface area contributed by atoms with Crippen LogP contribution in [0.1, 0.15) is 30.0 Å². The van der Waals surface area contributed by atoms with Crippen LogP contribution in [0, 0.1) is 6.92 Å². The average Bonchev–Trinajstić information content (AvgIpc) is 2.46. The molecule has 22 heavy (non-hydrogen) atoms. The second-order valence-corrected chi connectivity index (χ2v) is 5.28. The first-order valence-corrected chi connectivity index (χ1v) is 7.30. The lowest BCUT2D eigenvalue weighted by Crippen LogP contribution is -2.37. The molecule has 0 spiro atoms. The van der Waals surface area contributed by atoms with Gasteiger partial charge in [0.1, 0.15) is 0 Å². The fourth-order valence-corrected chi connectivity index (χ4v) is 2.29. The van der Waals surface area contributed by atoms with Crippen molar-refractivity contribution in [2.75, 3.05) is 27.3 Å². The van der Waals surface area contributed by atoms with Crippen LogP contribution >= 0.6 is 0 Å². The fraction of sp³-hybridized carbons (Fsp3) is 0.500. The summed E-state index contributed by atoms with van der Waals surface area (Å²) in [7, 11) is 3.38. The van der Waals surface area contributed by atoms with Gasteiger partial charge in [0.2, 0.25) is 5.91 Å². The number of ether oxygens (including phenoxy) is 1. The molecule has 0 aliphatic carbocycles. The molecule has 0 saturated carbocycles. The van der Waals surface area contributed by atoms with Gasteiger partial charge in [-0.2, -0.15) is 0 Å². The Morgan fingerprint density at radius 1 is 1.36 bits per heavy atom. The summed E-state index contributed by atoms with van der Waals surface area (Å²) in [6, 6.07) is 6.58. The summed E-state index contributed by atoms with van der Waals surface area (Å²) in [6.45, 7) is 3.17. The van der Waals surface area contributed by atoms with E-state index >= 15 is 0 Å². The molecule has 1 aromatic rings. The van der Waals surface area contributed by atoms with Crippen molar-refractivity contribution >= 4 is 11.9 Å². The molecule has 0 aliphatic heterocycles. The van der Waals surface area contributed by atoms with Gasteiger partial charge in [0.15, 0.2) is 0 Å². The lowest BCUT2D eigenvalue weighted by Gasteiger charge is -2.23. The first-order valence-electron chi connectivity index (χ1n) is 7.30. The van der Waals surface area contributed by atoms with Gasteiger partial charge >= 0.3 is 6.03 Å². The van der Waals surface area contributed by atoms with Crippen LogP contribution in [0.4, 0.5) is 4.79 Å². The molecule has 0 aliphatic rings. The van der Waals surface area contributed by atoms with Crippen molar-refractivity contribution in [1.29, 1.82) is 0 Å². The Balaban J connectivity index is 2.75. The van der Waals surface area contributed by atoms with E-state index in [9.17, 15) is 9.59 Å². The van der Waals surface area contributed by atoms with Gasteiger partial charge < -0.3 is 20.7 Å². The van der Waals surface area contributed by atoms with Gasteiger partial charge in [-0.25, -0.2) is 4.79 Å². The fourth-order valence-electron chi connectivity index (χ4n) is 2.29. The smallest absolute Gasteiger partial charge is 0.312 e. The van der Waals surface area contributed by atoms with Crippen LogP contribution in [0.2, 0.25) is 0 Å². The molecule has 1 atom stereocenters. The van der Waals surface area contributed by atoms with Crippen molar-refractivity contribution in [3.8, 4) is 0 Å². The van der Waals surface area contributed by atoms with Crippen LogP contribution in [0.5, 0.6) is 0 Å². The molecule has 0 bridgehead atoms. The predicted molar refractivity (Wildman–Crippen MR) is 85.4 cm³/mol. The number of urea groups is 1. The SMILES string of the molecule is COCCCN(C)C(=O)CC(NC(N)=O)c1ccccc1C. The summed E-state index contributed by atoms with van der Waals surface area (Å²) in [5.74, 6) is -0.0434. The predicted octanol–water partition coefficient (Wildman–Crippen LogP) is 1.59. The summed E-state index contributed by atoms with van der Waals surface area (Å²) in [5.41, 5.74) is 7.15. The maximum absolute atomic E-state index is 12.3. The number of hydrogen-bond donors (Lipinski definition) is 2. The number of rotatable bonds is 8. The molecule has 0 aromatic heterocycles. The Kier molecular flexibility index (Phi) is 7.39. The third-order valence-electron chi connectivity index (χ3n) is 3.53. The van der Waals surface area contributed by atoms with E-state index in [4.69, 9.17) is 10.5 Å². The zero-order chi connectivity index (χ0) is 16.5. The molecular formula is C16H25N3O3. The van der Waals surface area contributed by atoms with Crippen LogP contribution in [0.3, 0.4) is 0 Å². The first kappa shape index (κ1) is 18.0. The van der Waals surface area contributed by atoms with Gasteiger partial charge in [0.05, 0.1) is 12.5 Å². The Bertz CT molecular complexity index is 505. The summed E-state index contributed by atoms with van der Waals surface area (Å²) in [6.07, 6.45) is 0.953. The zero-order valence-corrected chi connectivity index (χ0v) is 13.5. The summed E-state index contributed by atoms with van der Waals surface area (Å²) < 4.78 is 4.98. The van der Waals surface area contributed by atoms with E-state index in [2.05, 4.69) is 5.32 Å². The number of hydrogen-bond acceptors (Lipinski definition) is 3. The number of carbonyl (C=O) groups excluding carboxylic acids is 2. The van der Waals surface area contributed by atoms with Crippen LogP contribution in [-0.4, -0.2) is 44.1 Å². The van der Waals surface area contributed by atoms with Crippen molar-refractivity contribution in [3.63, 3.8) is 0 Å². The topological polar surface area (TPSA) is 84.7 Å². The Hall–Kier alpha value is -2.08. The molecular weight excluding hydrogens is 282 g/mol. The van der Waals surface area contributed by atoms with Gasteiger partial charge in [0.25, 0.3) is 0 Å². The zero-order valence-electron chi connectivity index (χ0n) is 13.5. The standard InChI is InChI=1S/C16H25N3O3/c1-12-7-4-5-8-13(12)14(18-16(17)21)11-15(20)19(2)9-6-10-22-3/h4-5,7-8,14H,6,9-11H2,1-3H3,(H3,17,18,21). The lowest BCUT2D eigenvalue weighted by molar-refractivity contribution is -0.130. The van der Waals surface area contributed by atoms with E-state index in [-0.39, 0.29) is 12.3 Å². The molecule has 6 heteroatoms. The van der Waals surface area contributed by atoms with E-state index in [1.54, 1.807) is 19.1 Å². The second kappa shape index (κ2) is 9.04. The number of nitrogens with two attached hydrogens (primary N) is 1. The molecule has 0 heterocycles. The third-order valence-corrected chi connectivity index (χ3v) is 3.53. The van der Waals surface area contributed by atoms with Crippen LogP contribution < -0.4 is 11.1 Å². The molecule has 3 amide bonds. The van der Waals surface area contributed by atoms with Gasteiger partial charge in [0, 0.05) is 27.3 Å². The van der Waals surface area contributed by atoms with Crippen LogP contribution in [0.15, 0.2) is 24.3 Å². The van der Waals surface area contributed by atoms with Crippen molar-refractivity contribution in [2.45, 2.75) is 25.8 Å². The Morgan fingerprint density at radius 2 is 2.05 bits per heavy atom. The van der Waals surface area contributed by atoms with Crippen molar-refractivity contribution < 1.29 is 14.3 Å². The highest BCUT2D eigenvalue weighted by atomic mass is 16.5. The minimum atomic E-state index is -0.636. The first-order chi connectivity index (χ1) is 10.5. The van der Waals surface area contributed by atoms with Gasteiger partial charge in [-0.1, -0.05) is 24.3 Å². The normalized spacial score (nSPS) is 11.8. The molecule has 0 saturated heterocycles. The van der Waals surface area contributed by atoms with E-state index in [0.29, 0.717) is 13.2 Å². The molecule has 3 N–H and O–H groups in total. The minimum absolute atomic E-state index is 0.0434. The molecule has 122 valence electrons. The Morgan fingerprint density at radius 3 is 2.64 bits per heavy atom. The highest BCUT2D eigenvalue weighted by molar-refractivity contribution is 5.78. The molecule has 0 fully saturated rings. The number of amides is 3. The number of primary amides is 1. The molecule has 0 radical (unpaired) electrons. The van der Waals surface area contributed by atoms with E-state index in [0.717, 1.165) is 17.5 Å². The average molecular weight is 307 g/mol. The maximum Gasteiger partial charge on any atom is 0.312 e. The van der Waals surface area contributed by atoms with Crippen molar-refractivity contribution in [2.24, 2.45) is 5.73 Å². The highest BCUT2D eigenvalue weighted by Gasteiger charge is 2.20. The number of benzene rings is 1. The van der Waals surface area contributed by atoms with Crippen LogP contribution in [-0.2, 0) is 9.53 Å². The quantitative estimate of drug-likeness (QED) is 0.715. The minimum Gasteiger partial charge on any atom is -0.385 e. The van der Waals surface area contributed by atoms with E-state index in [1.165, 1.54) is 0 Å². The largest absolute Gasteiger partial charge is 0.385 e.